The van der Waals surface area contributed by atoms with E-state index in [9.17, 15) is 13.2 Å². The first-order valence-corrected chi connectivity index (χ1v) is 8.80. The summed E-state index contributed by atoms with van der Waals surface area (Å²) in [6.07, 6.45) is 4.42. The normalized spacial score (nSPS) is 16.1. The van der Waals surface area contributed by atoms with Gasteiger partial charge in [0, 0.05) is 13.1 Å². The van der Waals surface area contributed by atoms with E-state index < -0.39 is 15.1 Å². The standard InChI is InChI=1S/C16H21NO3S/c1-2-3-5-11-15(16(18)17-12-8-13-17)21(19,20)14-9-6-4-7-10-14/h2,4,6-7,9-10,15H,1,3,5,8,11-13H2. The van der Waals surface area contributed by atoms with Crippen molar-refractivity contribution >= 4 is 15.7 Å². The van der Waals surface area contributed by atoms with E-state index in [1.165, 1.54) is 0 Å². The van der Waals surface area contributed by atoms with Gasteiger partial charge in [-0.3, -0.25) is 4.79 Å². The van der Waals surface area contributed by atoms with Crippen molar-refractivity contribution in [2.45, 2.75) is 35.8 Å². The first kappa shape index (κ1) is 15.8. The van der Waals surface area contributed by atoms with Gasteiger partial charge in [0.1, 0.15) is 5.25 Å². The van der Waals surface area contributed by atoms with Crippen molar-refractivity contribution in [2.75, 3.05) is 13.1 Å². The number of hydrogen-bond donors (Lipinski definition) is 0. The van der Waals surface area contributed by atoms with E-state index in [0.717, 1.165) is 6.42 Å². The number of unbranched alkanes of at least 4 members (excludes halogenated alkanes) is 1. The molecular weight excluding hydrogens is 286 g/mol. The van der Waals surface area contributed by atoms with Crippen LogP contribution in [-0.4, -0.2) is 37.6 Å². The number of likely N-dealkylation sites (tertiary alicyclic amines) is 1. The maximum absolute atomic E-state index is 12.7. The van der Waals surface area contributed by atoms with Gasteiger partial charge in [0.15, 0.2) is 9.84 Å². The number of rotatable bonds is 7. The molecule has 0 aromatic heterocycles. The van der Waals surface area contributed by atoms with Crippen LogP contribution in [0.3, 0.4) is 0 Å². The Balaban J connectivity index is 2.24. The zero-order valence-corrected chi connectivity index (χ0v) is 12.9. The number of benzene rings is 1. The fraction of sp³-hybridized carbons (Fsp3) is 0.438. The number of amides is 1. The SMILES string of the molecule is C=CCCCC(C(=O)N1CCC1)S(=O)(=O)c1ccccc1. The average Bonchev–Trinajstić information content (AvgIpc) is 2.42. The first-order chi connectivity index (χ1) is 10.1. The quantitative estimate of drug-likeness (QED) is 0.574. The Hall–Kier alpha value is -1.62. The third-order valence-corrected chi connectivity index (χ3v) is 5.88. The molecule has 1 saturated heterocycles. The molecule has 5 heteroatoms. The Kier molecular flexibility index (Phi) is 5.17. The Morgan fingerprint density at radius 1 is 1.29 bits per heavy atom. The molecule has 1 aliphatic heterocycles. The highest BCUT2D eigenvalue weighted by molar-refractivity contribution is 7.92. The van der Waals surface area contributed by atoms with Gasteiger partial charge in [0.2, 0.25) is 5.91 Å². The molecule has 21 heavy (non-hydrogen) atoms. The van der Waals surface area contributed by atoms with E-state index in [0.29, 0.717) is 32.4 Å². The minimum absolute atomic E-state index is 0.225. The van der Waals surface area contributed by atoms with Gasteiger partial charge in [-0.05, 0) is 37.8 Å². The van der Waals surface area contributed by atoms with Crippen molar-refractivity contribution in [3.05, 3.63) is 43.0 Å². The lowest BCUT2D eigenvalue weighted by atomic mass is 10.1. The molecule has 0 saturated carbocycles. The second kappa shape index (κ2) is 6.89. The minimum Gasteiger partial charge on any atom is -0.341 e. The molecule has 1 aromatic carbocycles. The molecule has 4 nitrogen and oxygen atoms in total. The Bertz CT molecular complexity index is 591. The molecule has 2 rings (SSSR count). The summed E-state index contributed by atoms with van der Waals surface area (Å²) < 4.78 is 25.5. The fourth-order valence-corrected chi connectivity index (χ4v) is 4.13. The fourth-order valence-electron chi connectivity index (χ4n) is 2.37. The maximum atomic E-state index is 12.7. The average molecular weight is 307 g/mol. The molecule has 1 atom stereocenters. The Morgan fingerprint density at radius 3 is 2.48 bits per heavy atom. The van der Waals surface area contributed by atoms with Crippen LogP contribution < -0.4 is 0 Å². The lowest BCUT2D eigenvalue weighted by Crippen LogP contribution is -2.49. The lowest BCUT2D eigenvalue weighted by Gasteiger charge is -2.34. The summed E-state index contributed by atoms with van der Waals surface area (Å²) in [6, 6.07) is 8.24. The van der Waals surface area contributed by atoms with Crippen LogP contribution in [0.1, 0.15) is 25.7 Å². The molecule has 1 unspecified atom stereocenters. The molecule has 1 aliphatic rings. The molecule has 1 aromatic rings. The van der Waals surface area contributed by atoms with Gasteiger partial charge in [-0.1, -0.05) is 24.3 Å². The van der Waals surface area contributed by atoms with Gasteiger partial charge < -0.3 is 4.90 Å². The molecule has 114 valence electrons. The van der Waals surface area contributed by atoms with E-state index in [-0.39, 0.29) is 10.8 Å². The largest absolute Gasteiger partial charge is 0.341 e. The molecular formula is C16H21NO3S. The minimum atomic E-state index is -3.63. The molecule has 1 heterocycles. The summed E-state index contributed by atoms with van der Waals surface area (Å²) in [4.78, 5) is 14.3. The number of sulfone groups is 1. The van der Waals surface area contributed by atoms with E-state index in [1.54, 1.807) is 41.3 Å². The summed E-state index contributed by atoms with van der Waals surface area (Å²) in [7, 11) is -3.63. The zero-order chi connectivity index (χ0) is 15.3. The number of nitrogens with zero attached hydrogens (tertiary/aromatic N) is 1. The van der Waals surface area contributed by atoms with Crippen LogP contribution in [0, 0.1) is 0 Å². The van der Waals surface area contributed by atoms with Gasteiger partial charge in [-0.25, -0.2) is 8.42 Å². The van der Waals surface area contributed by atoms with Crippen molar-refractivity contribution < 1.29 is 13.2 Å². The third-order valence-electron chi connectivity index (χ3n) is 3.76. The van der Waals surface area contributed by atoms with Gasteiger partial charge in [-0.2, -0.15) is 0 Å². The molecule has 1 amide bonds. The molecule has 0 radical (unpaired) electrons. The third kappa shape index (κ3) is 3.53. The van der Waals surface area contributed by atoms with E-state index >= 15 is 0 Å². The van der Waals surface area contributed by atoms with Crippen LogP contribution in [-0.2, 0) is 14.6 Å². The number of allylic oxidation sites excluding steroid dienone is 1. The van der Waals surface area contributed by atoms with Crippen LogP contribution in [0.4, 0.5) is 0 Å². The van der Waals surface area contributed by atoms with Crippen molar-refractivity contribution in [1.29, 1.82) is 0 Å². The molecule has 0 bridgehead atoms. The van der Waals surface area contributed by atoms with Crippen LogP contribution in [0.25, 0.3) is 0 Å². The van der Waals surface area contributed by atoms with Crippen LogP contribution in [0.2, 0.25) is 0 Å². The molecule has 0 N–H and O–H groups in total. The summed E-state index contributed by atoms with van der Waals surface area (Å²) in [6.45, 7) is 4.98. The summed E-state index contributed by atoms with van der Waals surface area (Å²) in [5.41, 5.74) is 0. The molecule has 0 spiro atoms. The van der Waals surface area contributed by atoms with Crippen molar-refractivity contribution in [1.82, 2.24) is 4.90 Å². The molecule has 0 aliphatic carbocycles. The number of carbonyl (C=O) groups excluding carboxylic acids is 1. The summed E-state index contributed by atoms with van der Waals surface area (Å²) in [5, 5.41) is -0.972. The molecule has 1 fully saturated rings. The highest BCUT2D eigenvalue weighted by Crippen LogP contribution is 2.23. The highest BCUT2D eigenvalue weighted by Gasteiger charge is 2.37. The Morgan fingerprint density at radius 2 is 1.95 bits per heavy atom. The van der Waals surface area contributed by atoms with E-state index in [1.807, 2.05) is 0 Å². The van der Waals surface area contributed by atoms with Crippen LogP contribution >= 0.6 is 0 Å². The predicted molar refractivity (Wildman–Crippen MR) is 82.7 cm³/mol. The number of hydrogen-bond acceptors (Lipinski definition) is 3. The van der Waals surface area contributed by atoms with E-state index in [4.69, 9.17) is 0 Å². The topological polar surface area (TPSA) is 54.5 Å². The number of carbonyl (C=O) groups is 1. The van der Waals surface area contributed by atoms with Gasteiger partial charge >= 0.3 is 0 Å². The predicted octanol–water partition coefficient (Wildman–Crippen LogP) is 2.42. The smallest absolute Gasteiger partial charge is 0.241 e. The summed E-state index contributed by atoms with van der Waals surface area (Å²) >= 11 is 0. The van der Waals surface area contributed by atoms with Crippen LogP contribution in [0.5, 0.6) is 0 Å². The second-order valence-corrected chi connectivity index (χ2v) is 7.38. The van der Waals surface area contributed by atoms with Gasteiger partial charge in [0.05, 0.1) is 4.90 Å². The van der Waals surface area contributed by atoms with Crippen LogP contribution in [0.15, 0.2) is 47.9 Å². The van der Waals surface area contributed by atoms with Crippen molar-refractivity contribution in [2.24, 2.45) is 0 Å². The van der Waals surface area contributed by atoms with Crippen molar-refractivity contribution in [3.63, 3.8) is 0 Å². The first-order valence-electron chi connectivity index (χ1n) is 7.26. The summed E-state index contributed by atoms with van der Waals surface area (Å²) in [5.74, 6) is -0.255. The van der Waals surface area contributed by atoms with Gasteiger partial charge in [0.25, 0.3) is 0 Å². The maximum Gasteiger partial charge on any atom is 0.241 e. The van der Waals surface area contributed by atoms with E-state index in [2.05, 4.69) is 6.58 Å². The lowest BCUT2D eigenvalue weighted by molar-refractivity contribution is -0.134. The Labute approximate surface area is 126 Å². The van der Waals surface area contributed by atoms with Crippen molar-refractivity contribution in [3.8, 4) is 0 Å². The van der Waals surface area contributed by atoms with Gasteiger partial charge in [-0.15, -0.1) is 6.58 Å². The zero-order valence-electron chi connectivity index (χ0n) is 12.1. The second-order valence-electron chi connectivity index (χ2n) is 5.25. The monoisotopic (exact) mass is 307 g/mol. The highest BCUT2D eigenvalue weighted by atomic mass is 32.2.